The number of halogens is 1. The van der Waals surface area contributed by atoms with E-state index in [1.165, 1.54) is 22.3 Å². The highest BCUT2D eigenvalue weighted by Gasteiger charge is 2.30. The Hall–Kier alpha value is -3.72. The van der Waals surface area contributed by atoms with Crippen molar-refractivity contribution in [1.82, 2.24) is 10.2 Å². The molecule has 0 aliphatic rings. The highest BCUT2D eigenvalue weighted by molar-refractivity contribution is 7.92. The summed E-state index contributed by atoms with van der Waals surface area (Å²) in [7, 11) is -2.11. The summed E-state index contributed by atoms with van der Waals surface area (Å²) in [6.45, 7) is 3.77. The third-order valence-electron chi connectivity index (χ3n) is 6.81. The van der Waals surface area contributed by atoms with Gasteiger partial charge in [-0.05, 0) is 49.1 Å². The van der Waals surface area contributed by atoms with Gasteiger partial charge < -0.3 is 10.2 Å². The molecular formula is C30H36FN3O4S. The Labute approximate surface area is 230 Å². The SMILES string of the molecule is CNC(=O)[C@@H](Cc1ccccc1)N(Cc1ccccc1F)C(=O)CCCN(c1cccc(C)c1C)S(C)(=O)=O. The topological polar surface area (TPSA) is 86.8 Å². The zero-order valence-corrected chi connectivity index (χ0v) is 23.7. The molecule has 0 unspecified atom stereocenters. The largest absolute Gasteiger partial charge is 0.357 e. The van der Waals surface area contributed by atoms with Crippen molar-refractivity contribution in [3.8, 4) is 0 Å². The molecule has 208 valence electrons. The van der Waals surface area contributed by atoms with Gasteiger partial charge in [0.05, 0.1) is 11.9 Å². The van der Waals surface area contributed by atoms with Gasteiger partial charge in [0.25, 0.3) is 0 Å². The van der Waals surface area contributed by atoms with Crippen LogP contribution in [0.15, 0.2) is 72.8 Å². The van der Waals surface area contributed by atoms with Gasteiger partial charge >= 0.3 is 0 Å². The first kappa shape index (κ1) is 29.8. The average molecular weight is 554 g/mol. The van der Waals surface area contributed by atoms with Gasteiger partial charge in [0.1, 0.15) is 11.9 Å². The molecule has 0 bridgehead atoms. The Balaban J connectivity index is 1.87. The fourth-order valence-electron chi connectivity index (χ4n) is 4.52. The van der Waals surface area contributed by atoms with Crippen molar-refractivity contribution >= 4 is 27.5 Å². The predicted molar refractivity (Wildman–Crippen MR) is 152 cm³/mol. The van der Waals surface area contributed by atoms with E-state index in [0.29, 0.717) is 11.3 Å². The van der Waals surface area contributed by atoms with E-state index in [0.717, 1.165) is 22.9 Å². The molecule has 0 radical (unpaired) electrons. The first-order valence-electron chi connectivity index (χ1n) is 12.8. The van der Waals surface area contributed by atoms with Crippen molar-refractivity contribution in [2.75, 3.05) is 24.2 Å². The second-order valence-corrected chi connectivity index (χ2v) is 11.5. The summed E-state index contributed by atoms with van der Waals surface area (Å²) in [6, 6.07) is 20.0. The first-order valence-corrected chi connectivity index (χ1v) is 14.7. The smallest absolute Gasteiger partial charge is 0.242 e. The molecule has 3 aromatic carbocycles. The van der Waals surface area contributed by atoms with E-state index in [2.05, 4.69) is 5.32 Å². The maximum Gasteiger partial charge on any atom is 0.242 e. The molecule has 7 nitrogen and oxygen atoms in total. The fraction of sp³-hybridized carbons (Fsp3) is 0.333. The number of nitrogens with zero attached hydrogens (tertiary/aromatic N) is 2. The summed E-state index contributed by atoms with van der Waals surface area (Å²) in [5, 5.41) is 2.63. The summed E-state index contributed by atoms with van der Waals surface area (Å²) < 4.78 is 41.2. The number of sulfonamides is 1. The number of aryl methyl sites for hydroxylation is 1. The molecule has 39 heavy (non-hydrogen) atoms. The van der Waals surface area contributed by atoms with Gasteiger partial charge in [-0.2, -0.15) is 0 Å². The minimum absolute atomic E-state index is 0.0202. The van der Waals surface area contributed by atoms with Gasteiger partial charge in [-0.3, -0.25) is 13.9 Å². The van der Waals surface area contributed by atoms with Crippen molar-refractivity contribution in [3.05, 3.63) is 101 Å². The average Bonchev–Trinajstić information content (AvgIpc) is 2.91. The standard InChI is InChI=1S/C30H36FN3O4S/c1-22-12-10-17-27(23(22)2)34(39(4,37)38)19-11-18-29(35)33(21-25-15-8-9-16-26(25)31)28(30(36)32-3)20-24-13-6-5-7-14-24/h5-10,12-17,28H,11,18-21H2,1-4H3,(H,32,36)/t28-/m1/s1. The Bertz CT molecular complexity index is 1400. The summed E-state index contributed by atoms with van der Waals surface area (Å²) in [6.07, 6.45) is 1.59. The van der Waals surface area contributed by atoms with Gasteiger partial charge in [0.2, 0.25) is 21.8 Å². The molecule has 1 atom stereocenters. The van der Waals surface area contributed by atoms with E-state index < -0.39 is 21.9 Å². The molecule has 3 rings (SSSR count). The summed E-state index contributed by atoms with van der Waals surface area (Å²) in [4.78, 5) is 28.1. The van der Waals surface area contributed by atoms with Crippen molar-refractivity contribution in [3.63, 3.8) is 0 Å². The lowest BCUT2D eigenvalue weighted by Gasteiger charge is -2.32. The predicted octanol–water partition coefficient (Wildman–Crippen LogP) is 4.37. The van der Waals surface area contributed by atoms with E-state index in [-0.39, 0.29) is 44.2 Å². The lowest BCUT2D eigenvalue weighted by Crippen LogP contribution is -2.50. The number of anilines is 1. The van der Waals surface area contributed by atoms with E-state index in [4.69, 9.17) is 0 Å². The Kier molecular flexibility index (Phi) is 10.2. The number of hydrogen-bond donors (Lipinski definition) is 1. The van der Waals surface area contributed by atoms with E-state index in [1.807, 2.05) is 50.2 Å². The molecule has 3 aromatic rings. The van der Waals surface area contributed by atoms with Crippen molar-refractivity contribution in [2.45, 2.75) is 45.7 Å². The monoisotopic (exact) mass is 553 g/mol. The molecule has 0 aliphatic heterocycles. The number of carbonyl (C=O) groups is 2. The second-order valence-electron chi connectivity index (χ2n) is 9.59. The van der Waals surface area contributed by atoms with E-state index in [1.54, 1.807) is 30.3 Å². The zero-order valence-electron chi connectivity index (χ0n) is 22.9. The van der Waals surface area contributed by atoms with Gasteiger partial charge in [-0.15, -0.1) is 0 Å². The highest BCUT2D eigenvalue weighted by Crippen LogP contribution is 2.26. The Morgan fingerprint density at radius 3 is 2.26 bits per heavy atom. The van der Waals surface area contributed by atoms with Crippen LogP contribution in [0.3, 0.4) is 0 Å². The van der Waals surface area contributed by atoms with Crippen molar-refractivity contribution in [2.24, 2.45) is 0 Å². The first-order chi connectivity index (χ1) is 18.5. The molecule has 2 amide bonds. The van der Waals surface area contributed by atoms with Crippen LogP contribution in [0.4, 0.5) is 10.1 Å². The molecule has 0 aromatic heterocycles. The van der Waals surface area contributed by atoms with Crippen LogP contribution in [-0.2, 0) is 32.6 Å². The fourth-order valence-corrected chi connectivity index (χ4v) is 5.53. The maximum atomic E-state index is 14.6. The number of benzene rings is 3. The van der Waals surface area contributed by atoms with Crippen LogP contribution in [0.5, 0.6) is 0 Å². The number of rotatable bonds is 12. The van der Waals surface area contributed by atoms with Crippen molar-refractivity contribution in [1.29, 1.82) is 0 Å². The lowest BCUT2D eigenvalue weighted by molar-refractivity contribution is -0.141. The van der Waals surface area contributed by atoms with Crippen LogP contribution in [-0.4, -0.2) is 51.0 Å². The van der Waals surface area contributed by atoms with Crippen LogP contribution >= 0.6 is 0 Å². The highest BCUT2D eigenvalue weighted by atomic mass is 32.2. The summed E-state index contributed by atoms with van der Waals surface area (Å²) in [5.41, 5.74) is 3.53. The Morgan fingerprint density at radius 1 is 0.949 bits per heavy atom. The summed E-state index contributed by atoms with van der Waals surface area (Å²) in [5.74, 6) is -1.20. The molecule has 0 saturated carbocycles. The molecule has 0 spiro atoms. The normalized spacial score (nSPS) is 12.0. The van der Waals surface area contributed by atoms with Gasteiger partial charge in [0, 0.05) is 38.5 Å². The number of hydrogen-bond acceptors (Lipinski definition) is 4. The zero-order chi connectivity index (χ0) is 28.6. The maximum absolute atomic E-state index is 14.6. The Morgan fingerprint density at radius 2 is 1.62 bits per heavy atom. The molecule has 9 heteroatoms. The molecule has 0 saturated heterocycles. The van der Waals surface area contributed by atoms with Gasteiger partial charge in [0.15, 0.2) is 0 Å². The minimum atomic E-state index is -3.61. The van der Waals surface area contributed by atoms with Crippen LogP contribution < -0.4 is 9.62 Å². The summed E-state index contributed by atoms with van der Waals surface area (Å²) >= 11 is 0. The third-order valence-corrected chi connectivity index (χ3v) is 7.99. The minimum Gasteiger partial charge on any atom is -0.357 e. The lowest BCUT2D eigenvalue weighted by atomic mass is 10.0. The van der Waals surface area contributed by atoms with Crippen molar-refractivity contribution < 1.29 is 22.4 Å². The third kappa shape index (κ3) is 7.89. The molecule has 0 heterocycles. The van der Waals surface area contributed by atoms with Crippen LogP contribution in [0.2, 0.25) is 0 Å². The quantitative estimate of drug-likeness (QED) is 0.361. The molecule has 0 fully saturated rings. The molecular weight excluding hydrogens is 517 g/mol. The molecule has 1 N–H and O–H groups in total. The van der Waals surface area contributed by atoms with Crippen LogP contribution in [0.25, 0.3) is 0 Å². The number of nitrogens with one attached hydrogen (secondary N) is 1. The van der Waals surface area contributed by atoms with Crippen LogP contribution in [0.1, 0.15) is 35.1 Å². The second kappa shape index (κ2) is 13.4. The van der Waals surface area contributed by atoms with E-state index >= 15 is 0 Å². The van der Waals surface area contributed by atoms with Gasteiger partial charge in [-0.25, -0.2) is 12.8 Å². The number of amides is 2. The number of carbonyl (C=O) groups excluding carboxylic acids is 2. The van der Waals surface area contributed by atoms with Gasteiger partial charge in [-0.1, -0.05) is 60.7 Å². The van der Waals surface area contributed by atoms with Crippen LogP contribution in [0, 0.1) is 19.7 Å². The number of likely N-dealkylation sites (N-methyl/N-ethyl adjacent to an activating group) is 1. The molecule has 0 aliphatic carbocycles. The van der Waals surface area contributed by atoms with E-state index in [9.17, 15) is 22.4 Å².